The van der Waals surface area contributed by atoms with E-state index in [0.717, 1.165) is 18.1 Å². The summed E-state index contributed by atoms with van der Waals surface area (Å²) in [6.07, 6.45) is 5.92. The first-order chi connectivity index (χ1) is 5.61. The van der Waals surface area contributed by atoms with E-state index in [-0.39, 0.29) is 0 Å². The van der Waals surface area contributed by atoms with Crippen LogP contribution in [-0.2, 0) is 9.59 Å². The molecule has 0 spiro atoms. The second-order valence-electron chi connectivity index (χ2n) is 3.49. The normalized spacial score (nSPS) is 28.8. The molecule has 0 N–H and O–H groups in total. The molecule has 0 aromatic heterocycles. The summed E-state index contributed by atoms with van der Waals surface area (Å²) < 4.78 is 0. The fourth-order valence-corrected chi connectivity index (χ4v) is 1.38. The van der Waals surface area contributed by atoms with Gasteiger partial charge in [0.2, 0.25) is 0 Å². The average Bonchev–Trinajstić information content (AvgIpc) is 2.05. The Labute approximate surface area is 72.0 Å². The summed E-state index contributed by atoms with van der Waals surface area (Å²) in [6, 6.07) is 0. The monoisotopic (exact) mass is 164 g/mol. The zero-order valence-electron chi connectivity index (χ0n) is 7.33. The van der Waals surface area contributed by atoms with Gasteiger partial charge in [0.15, 0.2) is 0 Å². The number of carbonyl (C=O) groups excluding carboxylic acids is 2. The van der Waals surface area contributed by atoms with Gasteiger partial charge in [-0.2, -0.15) is 0 Å². The van der Waals surface area contributed by atoms with Crippen LogP contribution in [0.15, 0.2) is 23.3 Å². The molecule has 0 fully saturated rings. The number of rotatable bonds is 2. The maximum atomic E-state index is 10.7. The van der Waals surface area contributed by atoms with E-state index in [4.69, 9.17) is 0 Å². The molecule has 0 amide bonds. The van der Waals surface area contributed by atoms with Crippen LogP contribution in [0, 0.1) is 5.41 Å². The Balaban J connectivity index is 2.95. The molecule has 0 aliphatic heterocycles. The Morgan fingerprint density at radius 1 is 1.50 bits per heavy atom. The van der Waals surface area contributed by atoms with E-state index in [0.29, 0.717) is 12.0 Å². The second-order valence-corrected chi connectivity index (χ2v) is 3.49. The van der Waals surface area contributed by atoms with E-state index in [1.54, 1.807) is 12.2 Å². The molecule has 1 atom stereocenters. The molecule has 0 aromatic rings. The van der Waals surface area contributed by atoms with Crippen LogP contribution in [0.5, 0.6) is 0 Å². The average molecular weight is 164 g/mol. The first-order valence-electron chi connectivity index (χ1n) is 3.92. The van der Waals surface area contributed by atoms with Crippen LogP contribution in [-0.4, -0.2) is 12.6 Å². The lowest BCUT2D eigenvalue weighted by Crippen LogP contribution is -2.18. The molecule has 0 heterocycles. The summed E-state index contributed by atoms with van der Waals surface area (Å²) in [6.45, 7) is 3.75. The minimum Gasteiger partial charge on any atom is -0.302 e. The van der Waals surface area contributed by atoms with E-state index in [9.17, 15) is 9.59 Å². The molecule has 1 aliphatic carbocycles. The van der Waals surface area contributed by atoms with Crippen molar-refractivity contribution in [3.8, 4) is 0 Å². The number of hydrogen-bond acceptors (Lipinski definition) is 2. The van der Waals surface area contributed by atoms with Crippen molar-refractivity contribution in [3.05, 3.63) is 23.3 Å². The van der Waals surface area contributed by atoms with Gasteiger partial charge < -0.3 is 4.79 Å². The smallest absolute Gasteiger partial charge is 0.149 e. The molecule has 0 saturated heterocycles. The van der Waals surface area contributed by atoms with Crippen LogP contribution < -0.4 is 0 Å². The van der Waals surface area contributed by atoms with Gasteiger partial charge >= 0.3 is 0 Å². The highest BCUT2D eigenvalue weighted by Gasteiger charge is 2.24. The molecule has 0 bridgehead atoms. The van der Waals surface area contributed by atoms with Crippen molar-refractivity contribution in [1.82, 2.24) is 0 Å². The minimum absolute atomic E-state index is 0.406. The molecule has 1 aliphatic rings. The van der Waals surface area contributed by atoms with Gasteiger partial charge in [-0.25, -0.2) is 0 Å². The van der Waals surface area contributed by atoms with Crippen molar-refractivity contribution in [2.24, 2.45) is 5.41 Å². The van der Waals surface area contributed by atoms with Gasteiger partial charge in [0, 0.05) is 11.0 Å². The summed E-state index contributed by atoms with van der Waals surface area (Å²) in [7, 11) is 0. The number of allylic oxidation sites excluding steroid dienone is 4. The Morgan fingerprint density at radius 3 is 2.58 bits per heavy atom. The van der Waals surface area contributed by atoms with Gasteiger partial charge in [-0.1, -0.05) is 17.7 Å². The van der Waals surface area contributed by atoms with Crippen LogP contribution >= 0.6 is 0 Å². The van der Waals surface area contributed by atoms with Crippen LogP contribution in [0.2, 0.25) is 0 Å². The summed E-state index contributed by atoms with van der Waals surface area (Å²) in [5.74, 6) is 0. The lowest BCUT2D eigenvalue weighted by atomic mass is 9.80. The highest BCUT2D eigenvalue weighted by molar-refractivity contribution is 5.81. The molecule has 64 valence electrons. The Hall–Kier alpha value is -1.18. The molecule has 12 heavy (non-hydrogen) atoms. The fraction of sp³-hybridized carbons (Fsp3) is 0.400. The van der Waals surface area contributed by atoms with Crippen LogP contribution in [0.4, 0.5) is 0 Å². The third kappa shape index (κ3) is 1.52. The van der Waals surface area contributed by atoms with Crippen molar-refractivity contribution < 1.29 is 9.59 Å². The Bertz CT molecular complexity index is 274. The highest BCUT2D eigenvalue weighted by atomic mass is 16.1. The first-order valence-corrected chi connectivity index (χ1v) is 3.92. The number of aldehydes is 2. The Kier molecular flexibility index (Phi) is 2.27. The van der Waals surface area contributed by atoms with Crippen molar-refractivity contribution in [1.29, 1.82) is 0 Å². The van der Waals surface area contributed by atoms with E-state index < -0.39 is 5.41 Å². The van der Waals surface area contributed by atoms with E-state index in [2.05, 4.69) is 0 Å². The number of carbonyl (C=O) groups is 2. The third-order valence-corrected chi connectivity index (χ3v) is 2.18. The molecular weight excluding hydrogens is 152 g/mol. The Morgan fingerprint density at radius 2 is 2.17 bits per heavy atom. The van der Waals surface area contributed by atoms with Crippen LogP contribution in [0.25, 0.3) is 0 Å². The van der Waals surface area contributed by atoms with Gasteiger partial charge in [0.25, 0.3) is 0 Å². The summed E-state index contributed by atoms with van der Waals surface area (Å²) in [5.41, 5.74) is 1.28. The first kappa shape index (κ1) is 8.91. The summed E-state index contributed by atoms with van der Waals surface area (Å²) >= 11 is 0. The quantitative estimate of drug-likeness (QED) is 0.582. The van der Waals surface area contributed by atoms with Gasteiger partial charge in [-0.15, -0.1) is 0 Å². The lowest BCUT2D eigenvalue weighted by Gasteiger charge is -2.23. The van der Waals surface area contributed by atoms with Gasteiger partial charge in [-0.3, -0.25) is 4.79 Å². The SMILES string of the molecule is CC1=C(C=O)C=CC(C)(C=O)C1. The zero-order valence-corrected chi connectivity index (χ0v) is 7.33. The van der Waals surface area contributed by atoms with Crippen LogP contribution in [0.1, 0.15) is 20.3 Å². The predicted molar refractivity (Wildman–Crippen MR) is 46.7 cm³/mol. The molecule has 0 aromatic carbocycles. The minimum atomic E-state index is -0.406. The van der Waals surface area contributed by atoms with Crippen molar-refractivity contribution in [2.75, 3.05) is 0 Å². The van der Waals surface area contributed by atoms with Gasteiger partial charge in [-0.05, 0) is 20.3 Å². The molecule has 1 unspecified atom stereocenters. The molecule has 2 heteroatoms. The fourth-order valence-electron chi connectivity index (χ4n) is 1.38. The largest absolute Gasteiger partial charge is 0.302 e. The van der Waals surface area contributed by atoms with Crippen LogP contribution in [0.3, 0.4) is 0 Å². The van der Waals surface area contributed by atoms with Crippen molar-refractivity contribution >= 4 is 12.6 Å². The zero-order chi connectivity index (χ0) is 9.19. The molecule has 0 saturated carbocycles. The van der Waals surface area contributed by atoms with Crippen molar-refractivity contribution in [2.45, 2.75) is 20.3 Å². The summed E-state index contributed by atoms with van der Waals surface area (Å²) in [5, 5.41) is 0. The van der Waals surface area contributed by atoms with E-state index >= 15 is 0 Å². The maximum absolute atomic E-state index is 10.7. The molecule has 1 rings (SSSR count). The maximum Gasteiger partial charge on any atom is 0.149 e. The topological polar surface area (TPSA) is 34.1 Å². The molecular formula is C10H12O2. The second kappa shape index (κ2) is 3.05. The highest BCUT2D eigenvalue weighted by Crippen LogP contribution is 2.30. The number of hydrogen-bond donors (Lipinski definition) is 0. The van der Waals surface area contributed by atoms with Crippen molar-refractivity contribution in [3.63, 3.8) is 0 Å². The van der Waals surface area contributed by atoms with Gasteiger partial charge in [0.05, 0.1) is 0 Å². The lowest BCUT2D eigenvalue weighted by molar-refractivity contribution is -0.113. The summed E-state index contributed by atoms with van der Waals surface area (Å²) in [4.78, 5) is 21.1. The third-order valence-electron chi connectivity index (χ3n) is 2.18. The molecule has 0 radical (unpaired) electrons. The van der Waals surface area contributed by atoms with E-state index in [1.165, 1.54) is 0 Å². The standard InChI is InChI=1S/C10H12O2/c1-8-5-10(2,7-12)4-3-9(8)6-11/h3-4,6-7H,5H2,1-2H3. The predicted octanol–water partition coefficient (Wildman–Crippen LogP) is 1.67. The van der Waals surface area contributed by atoms with Gasteiger partial charge in [0.1, 0.15) is 12.6 Å². The van der Waals surface area contributed by atoms with E-state index in [1.807, 2.05) is 13.8 Å². The molecule has 2 nitrogen and oxygen atoms in total.